The Bertz CT molecular complexity index is 642. The lowest BCUT2D eigenvalue weighted by atomic mass is 10.2. The van der Waals surface area contributed by atoms with E-state index in [1.165, 1.54) is 6.26 Å². The highest BCUT2D eigenvalue weighted by atomic mass is 35.5. The minimum atomic E-state index is -0.193. The summed E-state index contributed by atoms with van der Waals surface area (Å²) in [6, 6.07) is 11.3. The summed E-state index contributed by atoms with van der Waals surface area (Å²) in [5, 5.41) is 6.23. The normalized spacial score (nSPS) is 14.6. The molecule has 1 aliphatic rings. The molecule has 2 heterocycles. The quantitative estimate of drug-likeness (QED) is 0.784. The van der Waals surface area contributed by atoms with Crippen LogP contribution in [0.4, 0.5) is 0 Å². The minimum Gasteiger partial charge on any atom is -0.489 e. The summed E-state index contributed by atoms with van der Waals surface area (Å²) in [5.74, 6) is 0.900. The first-order valence-corrected chi connectivity index (χ1v) is 8.28. The van der Waals surface area contributed by atoms with Gasteiger partial charge in [-0.3, -0.25) is 9.69 Å². The number of rotatable bonds is 7. The van der Waals surface area contributed by atoms with Crippen molar-refractivity contribution < 1.29 is 13.9 Å². The zero-order valence-corrected chi connectivity index (χ0v) is 14.9. The van der Waals surface area contributed by atoms with Crippen LogP contribution in [0.5, 0.6) is 5.75 Å². The van der Waals surface area contributed by atoms with Crippen molar-refractivity contribution in [2.24, 2.45) is 0 Å². The monoisotopic (exact) mass is 365 g/mol. The zero-order chi connectivity index (χ0) is 16.6. The molecule has 0 radical (unpaired) electrons. The fraction of sp³-hybridized carbons (Fsp3) is 0.389. The summed E-state index contributed by atoms with van der Waals surface area (Å²) in [7, 11) is 0. The topological polar surface area (TPSA) is 66.7 Å². The number of hydrogen-bond acceptors (Lipinski definition) is 5. The van der Waals surface area contributed by atoms with Crippen molar-refractivity contribution in [2.45, 2.75) is 6.61 Å². The number of benzene rings is 1. The number of carbonyl (C=O) groups excluding carboxylic acids is 1. The Morgan fingerprint density at radius 2 is 1.96 bits per heavy atom. The molecule has 0 bridgehead atoms. The van der Waals surface area contributed by atoms with Crippen LogP contribution in [0.15, 0.2) is 47.1 Å². The molecule has 7 heteroatoms. The van der Waals surface area contributed by atoms with Crippen LogP contribution < -0.4 is 15.4 Å². The molecule has 1 aromatic carbocycles. The summed E-state index contributed by atoms with van der Waals surface area (Å²) in [6.45, 7) is 5.82. The van der Waals surface area contributed by atoms with E-state index in [-0.39, 0.29) is 18.3 Å². The van der Waals surface area contributed by atoms with Crippen molar-refractivity contribution in [3.05, 3.63) is 54.0 Å². The molecule has 25 heavy (non-hydrogen) atoms. The lowest BCUT2D eigenvalue weighted by molar-refractivity contribution is 0.0916. The van der Waals surface area contributed by atoms with Crippen molar-refractivity contribution >= 4 is 18.3 Å². The first-order valence-electron chi connectivity index (χ1n) is 8.28. The lowest BCUT2D eigenvalue weighted by Gasteiger charge is -2.26. The van der Waals surface area contributed by atoms with Gasteiger partial charge < -0.3 is 19.8 Å². The molecule has 0 unspecified atom stereocenters. The highest BCUT2D eigenvalue weighted by Gasteiger charge is 2.16. The van der Waals surface area contributed by atoms with Gasteiger partial charge in [-0.1, -0.05) is 18.2 Å². The second-order valence-corrected chi connectivity index (χ2v) is 5.72. The summed E-state index contributed by atoms with van der Waals surface area (Å²) in [4.78, 5) is 14.6. The van der Waals surface area contributed by atoms with Crippen LogP contribution in [0.25, 0.3) is 0 Å². The number of nitrogens with zero attached hydrogens (tertiary/aromatic N) is 1. The Kier molecular flexibility index (Phi) is 7.78. The van der Waals surface area contributed by atoms with Crippen LogP contribution >= 0.6 is 12.4 Å². The highest BCUT2D eigenvalue weighted by Crippen LogP contribution is 2.15. The number of carbonyl (C=O) groups is 1. The summed E-state index contributed by atoms with van der Waals surface area (Å²) in [5.41, 5.74) is 0.749. The van der Waals surface area contributed by atoms with E-state index in [0.717, 1.165) is 44.0 Å². The molecule has 1 amide bonds. The molecule has 0 spiro atoms. The Balaban J connectivity index is 0.00000225. The molecule has 1 saturated heterocycles. The van der Waals surface area contributed by atoms with Crippen molar-refractivity contribution in [3.8, 4) is 5.75 Å². The predicted octanol–water partition coefficient (Wildman–Crippen LogP) is 1.92. The number of ether oxygens (including phenoxy) is 1. The van der Waals surface area contributed by atoms with Crippen LogP contribution in [0.1, 0.15) is 16.1 Å². The molecule has 1 fully saturated rings. The van der Waals surface area contributed by atoms with E-state index in [1.807, 2.05) is 30.3 Å². The molecular weight excluding hydrogens is 342 g/mol. The SMILES string of the molecule is Cl.O=C(NCCN1CCNCC1)c1occc1COc1ccccc1. The number of piperazine rings is 1. The van der Waals surface area contributed by atoms with E-state index < -0.39 is 0 Å². The maximum atomic E-state index is 12.3. The van der Waals surface area contributed by atoms with Crippen molar-refractivity contribution in [3.63, 3.8) is 0 Å². The van der Waals surface area contributed by atoms with E-state index in [0.29, 0.717) is 18.9 Å². The third-order valence-corrected chi connectivity index (χ3v) is 4.01. The standard InChI is InChI=1S/C18H23N3O3.ClH/c22-18(20-9-12-21-10-7-19-8-11-21)17-15(6-13-23-17)14-24-16-4-2-1-3-5-16;/h1-6,13,19H,7-12,14H2,(H,20,22);1H. The molecule has 2 N–H and O–H groups in total. The van der Waals surface area contributed by atoms with Crippen molar-refractivity contribution in [2.75, 3.05) is 39.3 Å². The fourth-order valence-electron chi connectivity index (χ4n) is 2.67. The van der Waals surface area contributed by atoms with Gasteiger partial charge in [0.05, 0.1) is 6.26 Å². The van der Waals surface area contributed by atoms with Crippen LogP contribution in [0.2, 0.25) is 0 Å². The van der Waals surface area contributed by atoms with E-state index in [9.17, 15) is 4.79 Å². The number of hydrogen-bond donors (Lipinski definition) is 2. The highest BCUT2D eigenvalue weighted by molar-refractivity contribution is 5.92. The molecule has 0 atom stereocenters. The van der Waals surface area contributed by atoms with Gasteiger partial charge in [0.25, 0.3) is 5.91 Å². The lowest BCUT2D eigenvalue weighted by Crippen LogP contribution is -2.46. The van der Waals surface area contributed by atoms with E-state index in [2.05, 4.69) is 15.5 Å². The van der Waals surface area contributed by atoms with Crippen molar-refractivity contribution in [1.82, 2.24) is 15.5 Å². The molecule has 2 aromatic rings. The van der Waals surface area contributed by atoms with E-state index >= 15 is 0 Å². The second-order valence-electron chi connectivity index (χ2n) is 5.72. The van der Waals surface area contributed by atoms with E-state index in [4.69, 9.17) is 9.15 Å². The van der Waals surface area contributed by atoms with Gasteiger partial charge in [0.15, 0.2) is 5.76 Å². The first-order chi connectivity index (χ1) is 11.8. The van der Waals surface area contributed by atoms with Gasteiger partial charge in [-0.25, -0.2) is 0 Å². The smallest absolute Gasteiger partial charge is 0.287 e. The van der Waals surface area contributed by atoms with Gasteiger partial charge in [0, 0.05) is 44.8 Å². The van der Waals surface area contributed by atoms with Gasteiger partial charge in [-0.15, -0.1) is 12.4 Å². The Morgan fingerprint density at radius 3 is 2.72 bits per heavy atom. The predicted molar refractivity (Wildman–Crippen MR) is 98.4 cm³/mol. The van der Waals surface area contributed by atoms with Crippen LogP contribution in [0.3, 0.4) is 0 Å². The number of furan rings is 1. The number of amides is 1. The third-order valence-electron chi connectivity index (χ3n) is 4.01. The van der Waals surface area contributed by atoms with Gasteiger partial charge in [-0.05, 0) is 18.2 Å². The largest absolute Gasteiger partial charge is 0.489 e. The third kappa shape index (κ3) is 5.77. The van der Waals surface area contributed by atoms with Crippen molar-refractivity contribution in [1.29, 1.82) is 0 Å². The van der Waals surface area contributed by atoms with Gasteiger partial charge in [-0.2, -0.15) is 0 Å². The van der Waals surface area contributed by atoms with Gasteiger partial charge >= 0.3 is 0 Å². The summed E-state index contributed by atoms with van der Waals surface area (Å²) >= 11 is 0. The molecular formula is C18H24ClN3O3. The molecule has 6 nitrogen and oxygen atoms in total. The Labute approximate surface area is 153 Å². The minimum absolute atomic E-state index is 0. The Hall–Kier alpha value is -2.02. The maximum Gasteiger partial charge on any atom is 0.287 e. The average molecular weight is 366 g/mol. The molecule has 3 rings (SSSR count). The molecule has 136 valence electrons. The maximum absolute atomic E-state index is 12.3. The van der Waals surface area contributed by atoms with Crippen LogP contribution in [-0.2, 0) is 6.61 Å². The molecule has 0 saturated carbocycles. The number of para-hydroxylation sites is 1. The summed E-state index contributed by atoms with van der Waals surface area (Å²) < 4.78 is 11.0. The second kappa shape index (κ2) is 10.1. The van der Waals surface area contributed by atoms with Crippen LogP contribution in [-0.4, -0.2) is 50.1 Å². The first kappa shape index (κ1) is 19.3. The Morgan fingerprint density at radius 1 is 1.20 bits per heavy atom. The fourth-order valence-corrected chi connectivity index (χ4v) is 2.67. The average Bonchev–Trinajstić information content (AvgIpc) is 3.10. The molecule has 1 aliphatic heterocycles. The van der Waals surface area contributed by atoms with Gasteiger partial charge in [0.1, 0.15) is 12.4 Å². The molecule has 0 aliphatic carbocycles. The number of halogens is 1. The summed E-state index contributed by atoms with van der Waals surface area (Å²) in [6.07, 6.45) is 1.52. The van der Waals surface area contributed by atoms with Gasteiger partial charge in [0.2, 0.25) is 0 Å². The number of nitrogens with one attached hydrogen (secondary N) is 2. The van der Waals surface area contributed by atoms with E-state index in [1.54, 1.807) is 6.07 Å². The zero-order valence-electron chi connectivity index (χ0n) is 14.1. The van der Waals surface area contributed by atoms with Crippen LogP contribution in [0, 0.1) is 0 Å². The molecule has 1 aromatic heterocycles.